The minimum atomic E-state index is -1.04. The summed E-state index contributed by atoms with van der Waals surface area (Å²) in [6.07, 6.45) is 0.0357. The average Bonchev–Trinajstić information content (AvgIpc) is 2.62. The van der Waals surface area contributed by atoms with Gasteiger partial charge in [0.05, 0.1) is 18.7 Å². The summed E-state index contributed by atoms with van der Waals surface area (Å²) < 4.78 is 11.9. The zero-order valence-corrected chi connectivity index (χ0v) is 17.7. The summed E-state index contributed by atoms with van der Waals surface area (Å²) in [5, 5.41) is 15.8. The van der Waals surface area contributed by atoms with Gasteiger partial charge in [-0.05, 0) is 44.9 Å². The molecule has 158 valence electrons. The molecule has 0 saturated heterocycles. The number of hydrogen-bond donors (Lipinski definition) is 2. The van der Waals surface area contributed by atoms with Crippen molar-refractivity contribution < 1.29 is 44.5 Å². The van der Waals surface area contributed by atoms with Crippen molar-refractivity contribution in [1.82, 2.24) is 15.1 Å². The van der Waals surface area contributed by atoms with Crippen LogP contribution in [0.2, 0.25) is 0 Å². The molecule has 1 heterocycles. The number of carbonyl (C=O) groups is 2. The van der Waals surface area contributed by atoms with Gasteiger partial charge in [-0.15, -0.1) is 5.10 Å². The Bertz CT molecular complexity index is 930. The second kappa shape index (κ2) is 11.4. The third kappa shape index (κ3) is 8.72. The van der Waals surface area contributed by atoms with E-state index < -0.39 is 17.7 Å². The molecule has 10 heteroatoms. The molecule has 0 saturated carbocycles. The van der Waals surface area contributed by atoms with Crippen LogP contribution >= 0.6 is 0 Å². The van der Waals surface area contributed by atoms with Crippen molar-refractivity contribution in [2.45, 2.75) is 39.3 Å². The van der Waals surface area contributed by atoms with Crippen molar-refractivity contribution in [3.05, 3.63) is 57.9 Å². The fraction of sp³-hybridized carbons (Fsp3) is 0.400. The molecule has 1 aromatic heterocycles. The number of carboxylic acids is 1. The van der Waals surface area contributed by atoms with Gasteiger partial charge in [-0.3, -0.25) is 4.79 Å². The Hall–Kier alpha value is -2.76. The average molecular weight is 411 g/mol. The first-order valence-electron chi connectivity index (χ1n) is 9.14. The Morgan fingerprint density at radius 2 is 1.97 bits per heavy atom. The van der Waals surface area contributed by atoms with Crippen molar-refractivity contribution in [3.8, 4) is 5.88 Å². The van der Waals surface area contributed by atoms with E-state index in [1.54, 1.807) is 32.9 Å². The second-order valence-electron chi connectivity index (χ2n) is 7.30. The minimum absolute atomic E-state index is 0. The molecule has 0 aliphatic heterocycles. The van der Waals surface area contributed by atoms with E-state index in [0.29, 0.717) is 18.5 Å². The molecule has 0 radical (unpaired) electrons. The van der Waals surface area contributed by atoms with Crippen LogP contribution in [0.25, 0.3) is 0 Å². The third-order valence-corrected chi connectivity index (χ3v) is 3.59. The van der Waals surface area contributed by atoms with Gasteiger partial charge in [0.25, 0.3) is 5.56 Å². The Balaban J connectivity index is 0.00000450. The summed E-state index contributed by atoms with van der Waals surface area (Å²) in [4.78, 5) is 34.6. The molecule has 0 fully saturated rings. The molecular weight excluding hydrogens is 385 g/mol. The maximum atomic E-state index is 12.0. The van der Waals surface area contributed by atoms with Crippen LogP contribution in [0.4, 0.5) is 4.79 Å². The topological polar surface area (TPSA) is 120 Å². The molecule has 1 aromatic carbocycles. The SMILES string of the molecule is CC(C)(C)OC(=O)NCCCOc1ccc(=O)n(Cc2cccc(C(=O)O)c2)n1.[H-].[Li+]. The molecule has 0 spiro atoms. The molecule has 0 aliphatic rings. The van der Waals surface area contributed by atoms with E-state index in [0.717, 1.165) is 0 Å². The standard InChI is InChI=1S/C20H25N3O6.Li.H/c1-20(2,3)29-19(27)21-10-5-11-28-16-8-9-17(24)23(22-16)13-14-6-4-7-15(12-14)18(25)26;;/h4,6-9,12H,5,10-11,13H2,1-3H3,(H,21,27)(H,25,26);;/q;+1;-1. The number of aromatic carboxylic acids is 1. The van der Waals surface area contributed by atoms with E-state index >= 15 is 0 Å². The van der Waals surface area contributed by atoms with Gasteiger partial charge in [0.1, 0.15) is 5.60 Å². The fourth-order valence-electron chi connectivity index (χ4n) is 2.35. The van der Waals surface area contributed by atoms with E-state index in [1.807, 2.05) is 0 Å². The van der Waals surface area contributed by atoms with E-state index in [1.165, 1.54) is 28.9 Å². The summed E-state index contributed by atoms with van der Waals surface area (Å²) in [6, 6.07) is 9.10. The maximum absolute atomic E-state index is 12.0. The third-order valence-electron chi connectivity index (χ3n) is 3.59. The van der Waals surface area contributed by atoms with Crippen molar-refractivity contribution in [2.75, 3.05) is 13.2 Å². The van der Waals surface area contributed by atoms with Gasteiger partial charge in [-0.1, -0.05) is 12.1 Å². The number of carbonyl (C=O) groups excluding carboxylic acids is 1. The van der Waals surface area contributed by atoms with Crippen molar-refractivity contribution >= 4 is 12.1 Å². The number of aromatic nitrogens is 2. The number of ether oxygens (including phenoxy) is 2. The Morgan fingerprint density at radius 1 is 1.23 bits per heavy atom. The van der Waals surface area contributed by atoms with E-state index in [9.17, 15) is 14.4 Å². The first-order valence-corrected chi connectivity index (χ1v) is 9.14. The van der Waals surface area contributed by atoms with Crippen LogP contribution in [0.15, 0.2) is 41.2 Å². The summed E-state index contributed by atoms with van der Waals surface area (Å²) in [5.74, 6) is -0.777. The first-order chi connectivity index (χ1) is 13.6. The van der Waals surface area contributed by atoms with Gasteiger partial charge in [-0.2, -0.15) is 0 Å². The van der Waals surface area contributed by atoms with E-state index in [2.05, 4.69) is 10.4 Å². The number of carboxylic acid groups (broad SMARTS) is 1. The molecule has 9 nitrogen and oxygen atoms in total. The summed E-state index contributed by atoms with van der Waals surface area (Å²) in [6.45, 7) is 6.14. The summed E-state index contributed by atoms with van der Waals surface area (Å²) in [5.41, 5.74) is -0.106. The Morgan fingerprint density at radius 3 is 2.63 bits per heavy atom. The van der Waals surface area contributed by atoms with Crippen LogP contribution in [-0.4, -0.2) is 45.7 Å². The predicted molar refractivity (Wildman–Crippen MR) is 106 cm³/mol. The molecule has 1 amide bonds. The number of hydrogen-bond acceptors (Lipinski definition) is 6. The first kappa shape index (κ1) is 25.3. The van der Waals surface area contributed by atoms with Crippen molar-refractivity contribution in [3.63, 3.8) is 0 Å². The van der Waals surface area contributed by atoms with Gasteiger partial charge in [0.2, 0.25) is 5.88 Å². The van der Waals surface area contributed by atoms with Crippen LogP contribution in [0.1, 0.15) is 44.5 Å². The van der Waals surface area contributed by atoms with Gasteiger partial charge >= 0.3 is 30.9 Å². The van der Waals surface area contributed by atoms with Crippen molar-refractivity contribution in [1.29, 1.82) is 0 Å². The number of alkyl carbamates (subject to hydrolysis) is 1. The molecule has 0 atom stereocenters. The molecule has 2 aromatic rings. The molecule has 2 rings (SSSR count). The number of benzene rings is 1. The van der Waals surface area contributed by atoms with Gasteiger partial charge in [-0.25, -0.2) is 14.3 Å². The number of rotatable bonds is 8. The van der Waals surface area contributed by atoms with Gasteiger partial charge in [0.15, 0.2) is 0 Å². The number of amides is 1. The van der Waals surface area contributed by atoms with Crippen LogP contribution in [0.3, 0.4) is 0 Å². The Kier molecular flexibility index (Phi) is 9.63. The molecule has 0 bridgehead atoms. The zero-order chi connectivity index (χ0) is 21.4. The van der Waals surface area contributed by atoms with Crippen LogP contribution < -0.4 is 34.5 Å². The quantitative estimate of drug-likeness (QED) is 0.440. The molecule has 30 heavy (non-hydrogen) atoms. The number of nitrogens with zero attached hydrogens (tertiary/aromatic N) is 2. The van der Waals surface area contributed by atoms with Crippen LogP contribution in [-0.2, 0) is 11.3 Å². The molecule has 0 aliphatic carbocycles. The molecular formula is C20H26LiN3O6. The summed E-state index contributed by atoms with van der Waals surface area (Å²) in [7, 11) is 0. The summed E-state index contributed by atoms with van der Waals surface area (Å²) >= 11 is 0. The van der Waals surface area contributed by atoms with Crippen LogP contribution in [0, 0.1) is 0 Å². The largest absolute Gasteiger partial charge is 1.00 e. The zero-order valence-electron chi connectivity index (χ0n) is 18.7. The molecule has 0 unspecified atom stereocenters. The Labute approximate surface area is 188 Å². The smallest absolute Gasteiger partial charge is 1.00 e. The second-order valence-corrected chi connectivity index (χ2v) is 7.30. The van der Waals surface area contributed by atoms with Crippen LogP contribution in [0.5, 0.6) is 5.88 Å². The van der Waals surface area contributed by atoms with E-state index in [-0.39, 0.29) is 50.4 Å². The maximum Gasteiger partial charge on any atom is 1.00 e. The van der Waals surface area contributed by atoms with Crippen molar-refractivity contribution in [2.24, 2.45) is 0 Å². The van der Waals surface area contributed by atoms with Gasteiger partial charge < -0.3 is 21.3 Å². The van der Waals surface area contributed by atoms with E-state index in [4.69, 9.17) is 14.6 Å². The fourth-order valence-corrected chi connectivity index (χ4v) is 2.35. The molecule has 2 N–H and O–H groups in total. The predicted octanol–water partition coefficient (Wildman–Crippen LogP) is -0.600. The monoisotopic (exact) mass is 411 g/mol. The van der Waals surface area contributed by atoms with Gasteiger partial charge in [0, 0.05) is 18.7 Å². The number of nitrogens with one attached hydrogen (secondary N) is 1. The minimum Gasteiger partial charge on any atom is -1.00 e. The normalized spacial score (nSPS) is 10.6.